The van der Waals surface area contributed by atoms with Gasteiger partial charge in [0, 0.05) is 132 Å². The van der Waals surface area contributed by atoms with Gasteiger partial charge in [-0.15, -0.1) is 68.3 Å². The van der Waals surface area contributed by atoms with Gasteiger partial charge < -0.3 is 59.8 Å². The summed E-state index contributed by atoms with van der Waals surface area (Å²) in [6.45, 7) is 75.9. The Morgan fingerprint density at radius 3 is 0.527 bits per heavy atom. The van der Waals surface area contributed by atoms with Gasteiger partial charge in [-0.05, 0) is 217 Å². The largest absolute Gasteiger partial charge is 2.00 e. The van der Waals surface area contributed by atoms with E-state index in [1.165, 1.54) is 12.8 Å². The average molecular weight is 2230 g/mol. The zero-order valence-corrected chi connectivity index (χ0v) is 101. The molecular formula is C116H172Mn6N24. The fraction of sp³-hybridized carbons (Fsp3) is 0.483. The van der Waals surface area contributed by atoms with E-state index >= 15 is 0 Å². The smallest absolute Gasteiger partial charge is 0.663 e. The third kappa shape index (κ3) is 73.6. The van der Waals surface area contributed by atoms with Crippen molar-refractivity contribution >= 4 is 68.5 Å². The standard InChI is InChI=1S/8C10H15N2.4C9H13N2.6Mn/c2*1-8(12-10(2,3)4)9-6-5-7-11-9;2*1-8(2)7-12-9(3)10-5-4-6-11-10;2*1-4-8(2)12-9(3)10-6-5-7-11-10;2*1-3-4-7-11-9(2)10-6-5-8-12-10;2*1-7(2)11-8(3)9-5-4-6-10-9;2*1-3-6-10-8(2)9-5-4-7-11-9;;;;;;/h2*5-7H,1-4H3;2*4-6,8H,7H2,1-3H3;2*5-8H,4H2,1-3H3;2*5-6,8H,3-4,7H2,1-2H3;2*4-7H,1-3H3;2*4-5,7H,3,6H2,1-2H3;;;;;;/q12*-1;6*+2. The van der Waals surface area contributed by atoms with Gasteiger partial charge in [0.2, 0.25) is 0 Å². The molecule has 0 aliphatic rings. The van der Waals surface area contributed by atoms with Crippen LogP contribution in [0.5, 0.6) is 0 Å². The molecule has 0 fully saturated rings. The Kier molecular flexibility index (Phi) is 89.1. The van der Waals surface area contributed by atoms with E-state index in [1.807, 2.05) is 229 Å². The summed E-state index contributed by atoms with van der Waals surface area (Å²) in [4.78, 5) is 103. The molecule has 24 nitrogen and oxygen atoms in total. The molecule has 0 saturated carbocycles. The molecule has 798 valence electrons. The maximum atomic E-state index is 4.51. The van der Waals surface area contributed by atoms with Gasteiger partial charge in [-0.25, -0.2) is 0 Å². The summed E-state index contributed by atoms with van der Waals surface area (Å²) in [5.41, 5.74) is 24.3. The molecule has 12 aromatic heterocycles. The Bertz CT molecular complexity index is 4980. The van der Waals surface area contributed by atoms with Gasteiger partial charge in [0.15, 0.2) is 0 Å². The summed E-state index contributed by atoms with van der Waals surface area (Å²) >= 11 is 0. The van der Waals surface area contributed by atoms with Gasteiger partial charge in [-0.1, -0.05) is 228 Å². The first-order valence-corrected chi connectivity index (χ1v) is 50.0. The second-order valence-corrected chi connectivity index (χ2v) is 36.8. The van der Waals surface area contributed by atoms with E-state index in [2.05, 4.69) is 272 Å². The first-order chi connectivity index (χ1) is 66.6. The number of hydrogen-bond acceptors (Lipinski definition) is 12. The van der Waals surface area contributed by atoms with Crippen LogP contribution in [0, 0.1) is 11.8 Å². The number of rotatable bonds is 32. The molecule has 0 aromatic carbocycles. The molecule has 0 bridgehead atoms. The molecule has 2 atom stereocenters. The van der Waals surface area contributed by atoms with Gasteiger partial charge in [0.05, 0.1) is 11.1 Å². The van der Waals surface area contributed by atoms with Crippen LogP contribution in [-0.2, 0) is 102 Å². The summed E-state index contributed by atoms with van der Waals surface area (Å²) in [5.74, 6) is 1.24. The predicted octanol–water partition coefficient (Wildman–Crippen LogP) is 25.2. The van der Waals surface area contributed by atoms with Crippen LogP contribution in [0.3, 0.4) is 0 Å². The maximum Gasteiger partial charge on any atom is 2.00 e. The first-order valence-electron chi connectivity index (χ1n) is 50.0. The van der Waals surface area contributed by atoms with Crippen LogP contribution in [0.2, 0.25) is 0 Å². The van der Waals surface area contributed by atoms with Gasteiger partial charge in [0.1, 0.15) is 0 Å². The van der Waals surface area contributed by atoms with Crippen molar-refractivity contribution in [1.29, 1.82) is 0 Å². The molecule has 146 heavy (non-hydrogen) atoms. The van der Waals surface area contributed by atoms with Gasteiger partial charge in [0.25, 0.3) is 0 Å². The van der Waals surface area contributed by atoms with E-state index in [9.17, 15) is 0 Å². The quantitative estimate of drug-likeness (QED) is 0.0216. The summed E-state index contributed by atoms with van der Waals surface area (Å²) < 4.78 is 0. The predicted molar refractivity (Wildman–Crippen MR) is 602 cm³/mol. The van der Waals surface area contributed by atoms with Crippen molar-refractivity contribution in [1.82, 2.24) is 59.8 Å². The Morgan fingerprint density at radius 2 is 0.384 bits per heavy atom. The van der Waals surface area contributed by atoms with Crippen LogP contribution in [0.1, 0.15) is 355 Å². The summed E-state index contributed by atoms with van der Waals surface area (Å²) in [6.07, 6.45) is 30.6. The summed E-state index contributed by atoms with van der Waals surface area (Å²) in [5, 5.41) is 0. The van der Waals surface area contributed by atoms with Crippen molar-refractivity contribution in [3.8, 4) is 0 Å². The Morgan fingerprint density at radius 1 is 0.219 bits per heavy atom. The minimum absolute atomic E-state index is 0. The molecule has 2 unspecified atom stereocenters. The molecule has 12 heterocycles. The number of aromatic nitrogens is 12. The number of aliphatic imine (C=N–C) groups is 12. The maximum absolute atomic E-state index is 4.51. The monoisotopic (exact) mass is 2230 g/mol. The van der Waals surface area contributed by atoms with Crippen molar-refractivity contribution in [2.24, 2.45) is 71.7 Å². The summed E-state index contributed by atoms with van der Waals surface area (Å²) in [7, 11) is 0. The molecule has 0 saturated heterocycles. The van der Waals surface area contributed by atoms with Crippen LogP contribution < -0.4 is 59.8 Å². The SMILES string of the molecule is CC(=NC(C)(C)C)c1ccc[n-]1.CC(=NC(C)(C)C)c1ccc[n-]1.CC(=NC(C)C)c1ccc[n-]1.CC(=NC(C)C)c1ccc[n-]1.CC(=NCC(C)C)c1ccc[n-]1.CC(=NCC(C)C)c1ccc[n-]1.CCC(C)N=C(C)c1ccc[n-]1.CCC(C)N=C(C)c1ccc[n-]1.CCCCN=C(C)c1ccc[n-]1.CCCCN=C(C)c1ccc[n-]1.CCCN=C(C)c1ccc[n-]1.CCCN=C(C)c1ccc[n-]1.[Mn+2].[Mn+2].[Mn+2].[Mn+2].[Mn+2].[Mn+2]. The van der Waals surface area contributed by atoms with E-state index in [4.69, 9.17) is 0 Å². The van der Waals surface area contributed by atoms with Gasteiger partial charge in [-0.3, -0.25) is 59.9 Å². The number of unbranched alkanes of at least 4 members (excludes halogenated alkanes) is 2. The van der Waals surface area contributed by atoms with Crippen molar-refractivity contribution in [2.45, 2.75) is 322 Å². The van der Waals surface area contributed by atoms with E-state index in [0.29, 0.717) is 36.0 Å². The molecular weight excluding hydrogens is 2060 g/mol. The van der Waals surface area contributed by atoms with Gasteiger partial charge >= 0.3 is 102 Å². The molecule has 0 amide bonds. The fourth-order valence-electron chi connectivity index (χ4n) is 11.7. The molecule has 0 aliphatic carbocycles. The topological polar surface area (TPSA) is 318 Å². The van der Waals surface area contributed by atoms with E-state index in [1.54, 1.807) is 74.4 Å². The van der Waals surface area contributed by atoms with Crippen LogP contribution in [0.25, 0.3) is 0 Å². The second-order valence-electron chi connectivity index (χ2n) is 36.8. The van der Waals surface area contributed by atoms with Gasteiger partial charge in [-0.2, -0.15) is 74.4 Å². The minimum atomic E-state index is -0.0109. The zero-order chi connectivity index (χ0) is 105. The molecule has 0 spiro atoms. The first kappa shape index (κ1) is 147. The fourth-order valence-corrected chi connectivity index (χ4v) is 11.7. The van der Waals surface area contributed by atoms with Crippen LogP contribution in [-0.4, -0.2) is 143 Å². The molecule has 12 rings (SSSR count). The van der Waals surface area contributed by atoms with Crippen molar-refractivity contribution in [2.75, 3.05) is 39.3 Å². The van der Waals surface area contributed by atoms with E-state index in [-0.39, 0.29) is 113 Å². The number of hydrogen-bond donors (Lipinski definition) is 0. The Labute approximate surface area is 944 Å². The van der Waals surface area contributed by atoms with Crippen molar-refractivity contribution in [3.63, 3.8) is 0 Å². The van der Waals surface area contributed by atoms with E-state index in [0.717, 1.165) is 215 Å². The average Bonchev–Trinajstić information content (AvgIpc) is 1.43. The minimum Gasteiger partial charge on any atom is -0.663 e. The third-order valence-electron chi connectivity index (χ3n) is 19.3. The Hall–Kier alpha value is -9.48. The number of nitrogens with zero attached hydrogens (tertiary/aromatic N) is 24. The molecule has 12 aromatic rings. The zero-order valence-electron chi connectivity index (χ0n) is 94.1. The van der Waals surface area contributed by atoms with Crippen LogP contribution in [0.15, 0.2) is 280 Å². The second kappa shape index (κ2) is 88.4. The molecule has 6 radical (unpaired) electrons. The molecule has 0 N–H and O–H groups in total. The van der Waals surface area contributed by atoms with Crippen molar-refractivity contribution in [3.05, 3.63) is 288 Å². The Balaban J connectivity index is -0.000000365. The van der Waals surface area contributed by atoms with Crippen LogP contribution >= 0.6 is 0 Å². The molecule has 30 heteroatoms. The normalized spacial score (nSPS) is 12.4. The van der Waals surface area contributed by atoms with Crippen molar-refractivity contribution < 1.29 is 102 Å². The third-order valence-corrected chi connectivity index (χ3v) is 19.3. The summed E-state index contributed by atoms with van der Waals surface area (Å²) in [6, 6.07) is 48.5. The molecule has 0 aliphatic heterocycles. The van der Waals surface area contributed by atoms with Crippen LogP contribution in [0.4, 0.5) is 0 Å². The van der Waals surface area contributed by atoms with E-state index < -0.39 is 0 Å².